The van der Waals surface area contributed by atoms with Crippen molar-refractivity contribution in [2.24, 2.45) is 21.6 Å². The van der Waals surface area contributed by atoms with Crippen molar-refractivity contribution in [3.05, 3.63) is 89.0 Å². The fraction of sp³-hybridized carbons (Fsp3) is 0.400. The van der Waals surface area contributed by atoms with Crippen molar-refractivity contribution in [3.8, 4) is 17.1 Å². The molecule has 1 amide bonds. The minimum absolute atomic E-state index is 0.0567. The average molecular weight is 763 g/mol. The van der Waals surface area contributed by atoms with Gasteiger partial charge in [0, 0.05) is 23.5 Å². The van der Waals surface area contributed by atoms with Crippen molar-refractivity contribution in [2.45, 2.75) is 70.6 Å². The van der Waals surface area contributed by atoms with Crippen LogP contribution in [-0.4, -0.2) is 60.3 Å². The Hall–Kier alpha value is -5.06. The van der Waals surface area contributed by atoms with Gasteiger partial charge in [0.1, 0.15) is 18.8 Å². The average Bonchev–Trinajstić information content (AvgIpc) is 3.63. The van der Waals surface area contributed by atoms with E-state index in [-0.39, 0.29) is 46.9 Å². The SMILES string of the molecule is CC(C)(C)C[C@]1(c2ccc(-c3ncccn3)cc2F)N=C(N)N([C@H](COC(=O)CC2(C(F)(F)F)CC2)c2ccc(Cl)c(-n3ncnc3C(F)F)c2)C1=O. The maximum absolute atomic E-state index is 16.2. The molecular weight excluding hydrogens is 730 g/mol. The first kappa shape index (κ1) is 37.7. The molecule has 1 saturated carbocycles. The van der Waals surface area contributed by atoms with E-state index in [1.165, 1.54) is 42.7 Å². The third-order valence-corrected chi connectivity index (χ3v) is 9.47. The first-order chi connectivity index (χ1) is 24.9. The van der Waals surface area contributed by atoms with Gasteiger partial charge in [0.15, 0.2) is 23.1 Å². The normalized spacial score (nSPS) is 19.0. The van der Waals surface area contributed by atoms with Crippen molar-refractivity contribution >= 4 is 29.4 Å². The fourth-order valence-corrected chi connectivity index (χ4v) is 6.70. The zero-order valence-corrected chi connectivity index (χ0v) is 29.3. The summed E-state index contributed by atoms with van der Waals surface area (Å²) in [6.07, 6.45) is -5.38. The van der Waals surface area contributed by atoms with Crippen LogP contribution in [0.5, 0.6) is 0 Å². The molecule has 1 aliphatic heterocycles. The number of nitrogens with zero attached hydrogens (tertiary/aromatic N) is 7. The van der Waals surface area contributed by atoms with Gasteiger partial charge in [0.2, 0.25) is 0 Å². The van der Waals surface area contributed by atoms with Crippen molar-refractivity contribution in [1.29, 1.82) is 0 Å². The monoisotopic (exact) mass is 762 g/mol. The number of carbonyl (C=O) groups excluding carboxylic acids is 2. The van der Waals surface area contributed by atoms with E-state index < -0.39 is 77.5 Å². The molecule has 2 aromatic heterocycles. The van der Waals surface area contributed by atoms with E-state index in [0.29, 0.717) is 5.56 Å². The number of alkyl halides is 5. The lowest BCUT2D eigenvalue weighted by Crippen LogP contribution is -2.47. The summed E-state index contributed by atoms with van der Waals surface area (Å²) >= 11 is 6.40. The number of aromatic nitrogens is 5. The number of carbonyl (C=O) groups is 2. The number of halogens is 7. The number of ether oxygens (including phenoxy) is 1. The summed E-state index contributed by atoms with van der Waals surface area (Å²) in [5.74, 6) is -3.80. The summed E-state index contributed by atoms with van der Waals surface area (Å²) in [5.41, 5.74) is 1.80. The van der Waals surface area contributed by atoms with Gasteiger partial charge in [-0.2, -0.15) is 18.3 Å². The standard InChI is InChI=1S/C35H33ClF6N8O3/c1-32(2,3)17-34(21-7-5-20(13-23(21)37)28-44-11-4-12-45-28)30(52)49(31(43)48-34)25(16-53-26(51)15-33(9-10-33)35(40,41)42)19-6-8-22(36)24(14-19)50-29(27(38)39)46-18-47-50/h4-8,11-14,18,25,27H,9-10,15-17H2,1-3H3,(H2,43,48)/t25-,34-/m1/s1. The molecule has 53 heavy (non-hydrogen) atoms. The van der Waals surface area contributed by atoms with Crippen molar-refractivity contribution in [2.75, 3.05) is 6.61 Å². The molecule has 11 nitrogen and oxygen atoms in total. The lowest BCUT2D eigenvalue weighted by molar-refractivity contribution is -0.195. The van der Waals surface area contributed by atoms with Crippen LogP contribution >= 0.6 is 11.6 Å². The van der Waals surface area contributed by atoms with E-state index in [9.17, 15) is 31.5 Å². The van der Waals surface area contributed by atoms with Crippen LogP contribution in [0.1, 0.15) is 75.9 Å². The summed E-state index contributed by atoms with van der Waals surface area (Å²) in [6.45, 7) is 4.67. The molecule has 0 spiro atoms. The van der Waals surface area contributed by atoms with Gasteiger partial charge in [-0.05, 0) is 54.5 Å². The number of nitrogens with two attached hydrogens (primary N) is 1. The third kappa shape index (κ3) is 7.30. The Bertz CT molecular complexity index is 2070. The van der Waals surface area contributed by atoms with Gasteiger partial charge >= 0.3 is 12.1 Å². The van der Waals surface area contributed by atoms with Gasteiger partial charge in [-0.25, -0.2) is 37.8 Å². The zero-order chi connectivity index (χ0) is 38.5. The Morgan fingerprint density at radius 1 is 1.06 bits per heavy atom. The van der Waals surface area contributed by atoms with E-state index in [1.54, 1.807) is 26.8 Å². The molecule has 0 unspecified atom stereocenters. The quantitative estimate of drug-likeness (QED) is 0.124. The second-order valence-electron chi connectivity index (χ2n) is 14.2. The van der Waals surface area contributed by atoms with Crippen molar-refractivity contribution in [3.63, 3.8) is 0 Å². The first-order valence-electron chi connectivity index (χ1n) is 16.3. The first-order valence-corrected chi connectivity index (χ1v) is 16.7. The number of hydrogen-bond acceptors (Lipinski definition) is 9. The molecule has 18 heteroatoms. The van der Waals surface area contributed by atoms with Gasteiger partial charge in [-0.1, -0.05) is 50.6 Å². The highest BCUT2D eigenvalue weighted by molar-refractivity contribution is 6.32. The van der Waals surface area contributed by atoms with E-state index in [0.717, 1.165) is 22.0 Å². The molecule has 1 aliphatic carbocycles. The van der Waals surface area contributed by atoms with Gasteiger partial charge in [0.25, 0.3) is 12.3 Å². The lowest BCUT2D eigenvalue weighted by atomic mass is 9.75. The molecule has 6 rings (SSSR count). The highest BCUT2D eigenvalue weighted by Gasteiger charge is 2.64. The maximum Gasteiger partial charge on any atom is 0.395 e. The minimum atomic E-state index is -4.64. The van der Waals surface area contributed by atoms with Crippen LogP contribution in [0.2, 0.25) is 5.02 Å². The number of esters is 1. The predicted octanol–water partition coefficient (Wildman–Crippen LogP) is 7.26. The number of hydrogen-bond donors (Lipinski definition) is 1. The molecule has 1 fully saturated rings. The number of rotatable bonds is 11. The highest BCUT2D eigenvalue weighted by Crippen LogP contribution is 2.60. The number of amides is 1. The van der Waals surface area contributed by atoms with Crippen LogP contribution in [0.3, 0.4) is 0 Å². The van der Waals surface area contributed by atoms with Crippen LogP contribution in [0, 0.1) is 16.6 Å². The van der Waals surface area contributed by atoms with Crippen LogP contribution in [0.25, 0.3) is 17.1 Å². The van der Waals surface area contributed by atoms with E-state index in [2.05, 4.69) is 25.0 Å². The topological polar surface area (TPSA) is 141 Å². The highest BCUT2D eigenvalue weighted by atomic mass is 35.5. The predicted molar refractivity (Wildman–Crippen MR) is 179 cm³/mol. The second kappa shape index (κ2) is 13.7. The third-order valence-electron chi connectivity index (χ3n) is 9.15. The number of aliphatic imine (C=N–C) groups is 1. The molecule has 2 N–H and O–H groups in total. The zero-order valence-electron chi connectivity index (χ0n) is 28.5. The van der Waals surface area contributed by atoms with E-state index >= 15 is 4.39 Å². The molecule has 2 aromatic carbocycles. The van der Waals surface area contributed by atoms with Crippen LogP contribution in [0.4, 0.5) is 26.3 Å². The maximum atomic E-state index is 16.2. The lowest BCUT2D eigenvalue weighted by Gasteiger charge is -2.35. The Morgan fingerprint density at radius 3 is 2.36 bits per heavy atom. The summed E-state index contributed by atoms with van der Waals surface area (Å²) in [6, 6.07) is 8.22. The summed E-state index contributed by atoms with van der Waals surface area (Å²) in [5, 5.41) is 3.80. The van der Waals surface area contributed by atoms with E-state index in [4.69, 9.17) is 22.1 Å². The molecule has 0 bridgehead atoms. The summed E-state index contributed by atoms with van der Waals surface area (Å²) in [4.78, 5) is 45.2. The van der Waals surface area contributed by atoms with Crippen LogP contribution < -0.4 is 5.73 Å². The summed E-state index contributed by atoms with van der Waals surface area (Å²) < 4.78 is 91.2. The Labute approximate surface area is 304 Å². The van der Waals surface area contributed by atoms with Crippen molar-refractivity contribution in [1.82, 2.24) is 29.6 Å². The van der Waals surface area contributed by atoms with Gasteiger partial charge in [-0.3, -0.25) is 14.5 Å². The molecule has 2 atom stereocenters. The second-order valence-corrected chi connectivity index (χ2v) is 14.6. The van der Waals surface area contributed by atoms with E-state index in [1.807, 2.05) is 0 Å². The Kier molecular flexibility index (Phi) is 9.76. The molecule has 3 heterocycles. The van der Waals surface area contributed by atoms with Gasteiger partial charge < -0.3 is 10.5 Å². The molecule has 2 aliphatic rings. The van der Waals surface area contributed by atoms with Crippen molar-refractivity contribution < 1.29 is 40.7 Å². The van der Waals surface area contributed by atoms with Gasteiger partial charge in [-0.15, -0.1) is 0 Å². The van der Waals surface area contributed by atoms with Crippen LogP contribution in [-0.2, 0) is 19.9 Å². The smallest absolute Gasteiger partial charge is 0.395 e. The number of guanidine groups is 1. The van der Waals surface area contributed by atoms with Gasteiger partial charge in [0.05, 0.1) is 28.6 Å². The van der Waals surface area contributed by atoms with Crippen LogP contribution in [0.15, 0.2) is 66.2 Å². The molecule has 0 saturated heterocycles. The summed E-state index contributed by atoms with van der Waals surface area (Å²) in [7, 11) is 0. The molecule has 280 valence electrons. The molecule has 0 radical (unpaired) electrons. The number of benzene rings is 2. The Balaban J connectivity index is 1.43. The fourth-order valence-electron chi connectivity index (χ4n) is 6.51. The largest absolute Gasteiger partial charge is 0.463 e. The molecular formula is C35H33ClF6N8O3. The molecule has 4 aromatic rings. The Morgan fingerprint density at radius 2 is 1.75 bits per heavy atom. The minimum Gasteiger partial charge on any atom is -0.463 e.